The van der Waals surface area contributed by atoms with E-state index < -0.39 is 11.9 Å². The van der Waals surface area contributed by atoms with E-state index in [0.29, 0.717) is 17.3 Å². The maximum atomic E-state index is 12.7. The van der Waals surface area contributed by atoms with Gasteiger partial charge in [-0.3, -0.25) is 9.48 Å². The van der Waals surface area contributed by atoms with Crippen LogP contribution in [0.2, 0.25) is 0 Å². The number of hydrogen-bond acceptors (Lipinski definition) is 7. The van der Waals surface area contributed by atoms with Crippen LogP contribution in [0.15, 0.2) is 24.5 Å². The van der Waals surface area contributed by atoms with Gasteiger partial charge in [0.25, 0.3) is 5.91 Å². The summed E-state index contributed by atoms with van der Waals surface area (Å²) in [5.74, 6) is -0.345. The molecule has 146 valence electrons. The SMILES string of the molecule is CCOC(=O)c1cnn(C)c1C(=O)Nc1ccc2nc(N3CCCC3)nn2c1. The summed E-state index contributed by atoms with van der Waals surface area (Å²) in [5.41, 5.74) is 1.49. The molecule has 1 saturated heterocycles. The molecule has 0 bridgehead atoms. The first-order chi connectivity index (χ1) is 13.6. The lowest BCUT2D eigenvalue weighted by molar-refractivity contribution is 0.0523. The third-order valence-electron chi connectivity index (χ3n) is 4.62. The molecule has 0 aliphatic carbocycles. The van der Waals surface area contributed by atoms with Crippen LogP contribution in [0.1, 0.15) is 40.6 Å². The molecule has 10 heteroatoms. The van der Waals surface area contributed by atoms with Gasteiger partial charge in [0.15, 0.2) is 5.65 Å². The lowest BCUT2D eigenvalue weighted by Crippen LogP contribution is -2.20. The molecule has 1 amide bonds. The fourth-order valence-electron chi connectivity index (χ4n) is 3.25. The van der Waals surface area contributed by atoms with Crippen LogP contribution >= 0.6 is 0 Å². The van der Waals surface area contributed by atoms with E-state index in [4.69, 9.17) is 4.74 Å². The van der Waals surface area contributed by atoms with Gasteiger partial charge in [0.05, 0.1) is 24.7 Å². The van der Waals surface area contributed by atoms with Gasteiger partial charge in [0.2, 0.25) is 5.95 Å². The number of esters is 1. The Labute approximate surface area is 161 Å². The molecule has 1 N–H and O–H groups in total. The summed E-state index contributed by atoms with van der Waals surface area (Å²) in [4.78, 5) is 31.5. The predicted octanol–water partition coefficient (Wildman–Crippen LogP) is 1.49. The lowest BCUT2D eigenvalue weighted by atomic mass is 10.2. The second-order valence-electron chi connectivity index (χ2n) is 6.53. The van der Waals surface area contributed by atoms with E-state index in [2.05, 4.69) is 25.4 Å². The first-order valence-corrected chi connectivity index (χ1v) is 9.18. The van der Waals surface area contributed by atoms with Gasteiger partial charge < -0.3 is 15.0 Å². The summed E-state index contributed by atoms with van der Waals surface area (Å²) in [6.45, 7) is 3.84. The van der Waals surface area contributed by atoms with Crippen molar-refractivity contribution in [1.82, 2.24) is 24.4 Å². The number of anilines is 2. The number of fused-ring (bicyclic) bond motifs is 1. The van der Waals surface area contributed by atoms with E-state index >= 15 is 0 Å². The van der Waals surface area contributed by atoms with Gasteiger partial charge in [-0.2, -0.15) is 10.1 Å². The fraction of sp³-hybridized carbons (Fsp3) is 0.389. The maximum Gasteiger partial charge on any atom is 0.342 e. The van der Waals surface area contributed by atoms with Crippen molar-refractivity contribution in [3.05, 3.63) is 35.8 Å². The molecule has 3 aromatic heterocycles. The molecule has 0 unspecified atom stereocenters. The molecule has 0 radical (unpaired) electrons. The van der Waals surface area contributed by atoms with Gasteiger partial charge in [-0.25, -0.2) is 9.31 Å². The lowest BCUT2D eigenvalue weighted by Gasteiger charge is -2.10. The normalized spacial score (nSPS) is 13.9. The zero-order valence-electron chi connectivity index (χ0n) is 15.8. The number of carbonyl (C=O) groups excluding carboxylic acids is 2. The number of nitrogens with one attached hydrogen (secondary N) is 1. The fourth-order valence-corrected chi connectivity index (χ4v) is 3.25. The van der Waals surface area contributed by atoms with Crippen molar-refractivity contribution in [3.63, 3.8) is 0 Å². The summed E-state index contributed by atoms with van der Waals surface area (Å²) >= 11 is 0. The highest BCUT2D eigenvalue weighted by Gasteiger charge is 2.23. The van der Waals surface area contributed by atoms with Crippen LogP contribution in [0.4, 0.5) is 11.6 Å². The summed E-state index contributed by atoms with van der Waals surface area (Å²) in [7, 11) is 1.60. The molecular formula is C18H21N7O3. The Hall–Kier alpha value is -3.43. The van der Waals surface area contributed by atoms with Crippen molar-refractivity contribution in [2.24, 2.45) is 7.05 Å². The predicted molar refractivity (Wildman–Crippen MR) is 102 cm³/mol. The van der Waals surface area contributed by atoms with Crippen LogP contribution in [0.25, 0.3) is 5.65 Å². The number of aromatic nitrogens is 5. The molecule has 28 heavy (non-hydrogen) atoms. The number of aryl methyl sites for hydroxylation is 1. The third-order valence-corrected chi connectivity index (χ3v) is 4.62. The Kier molecular flexibility index (Phi) is 4.68. The summed E-state index contributed by atoms with van der Waals surface area (Å²) < 4.78 is 7.98. The molecule has 10 nitrogen and oxygen atoms in total. The average Bonchev–Trinajstić information content (AvgIpc) is 3.40. The number of pyridine rings is 1. The summed E-state index contributed by atoms with van der Waals surface area (Å²) in [6.07, 6.45) is 5.31. The highest BCUT2D eigenvalue weighted by atomic mass is 16.5. The molecule has 1 fully saturated rings. The van der Waals surface area contributed by atoms with E-state index in [0.717, 1.165) is 25.9 Å². The van der Waals surface area contributed by atoms with Crippen LogP contribution in [0.5, 0.6) is 0 Å². The van der Waals surface area contributed by atoms with Gasteiger partial charge in [-0.1, -0.05) is 0 Å². The molecule has 3 aromatic rings. The van der Waals surface area contributed by atoms with E-state index in [9.17, 15) is 9.59 Å². The van der Waals surface area contributed by atoms with Crippen molar-refractivity contribution in [3.8, 4) is 0 Å². The van der Waals surface area contributed by atoms with Crippen LogP contribution < -0.4 is 10.2 Å². The number of hydrogen-bond donors (Lipinski definition) is 1. The van der Waals surface area contributed by atoms with Crippen molar-refractivity contribution in [2.45, 2.75) is 19.8 Å². The number of rotatable bonds is 5. The molecule has 0 aromatic carbocycles. The molecule has 0 atom stereocenters. The minimum absolute atomic E-state index is 0.125. The van der Waals surface area contributed by atoms with Crippen LogP contribution in [0.3, 0.4) is 0 Å². The molecule has 4 rings (SSSR count). The Morgan fingerprint density at radius 2 is 2.04 bits per heavy atom. The van der Waals surface area contributed by atoms with E-state index in [1.807, 2.05) is 0 Å². The zero-order chi connectivity index (χ0) is 19.7. The number of nitrogens with zero attached hydrogens (tertiary/aromatic N) is 6. The van der Waals surface area contributed by atoms with Gasteiger partial charge in [0.1, 0.15) is 11.3 Å². The molecular weight excluding hydrogens is 362 g/mol. The topological polar surface area (TPSA) is 107 Å². The van der Waals surface area contributed by atoms with Gasteiger partial charge in [-0.05, 0) is 31.9 Å². The van der Waals surface area contributed by atoms with Gasteiger partial charge in [-0.15, -0.1) is 5.10 Å². The minimum atomic E-state index is -0.581. The molecule has 0 spiro atoms. The standard InChI is InChI=1S/C18H21N7O3/c1-3-28-17(27)13-10-19-23(2)15(13)16(26)20-12-6-7-14-21-18(22-25(14)11-12)24-8-4-5-9-24/h6-7,10-11H,3-5,8-9H2,1-2H3,(H,20,26). The zero-order valence-corrected chi connectivity index (χ0v) is 15.8. The van der Waals surface area contributed by atoms with Crippen LogP contribution in [0, 0.1) is 0 Å². The quantitative estimate of drug-likeness (QED) is 0.665. The Morgan fingerprint density at radius 3 is 2.79 bits per heavy atom. The van der Waals surface area contributed by atoms with Crippen molar-refractivity contribution in [1.29, 1.82) is 0 Å². The first kappa shape index (κ1) is 18.0. The first-order valence-electron chi connectivity index (χ1n) is 9.18. The number of ether oxygens (including phenoxy) is 1. The van der Waals surface area contributed by atoms with Gasteiger partial charge >= 0.3 is 5.97 Å². The van der Waals surface area contributed by atoms with Gasteiger partial charge in [0, 0.05) is 20.1 Å². The Bertz CT molecular complexity index is 1030. The van der Waals surface area contributed by atoms with Crippen LogP contribution in [-0.2, 0) is 11.8 Å². The van der Waals surface area contributed by atoms with Crippen molar-refractivity contribution < 1.29 is 14.3 Å². The van der Waals surface area contributed by atoms with E-state index in [-0.39, 0.29) is 17.9 Å². The number of amides is 1. The molecule has 1 aliphatic heterocycles. The Balaban J connectivity index is 1.57. The third kappa shape index (κ3) is 3.28. The second kappa shape index (κ2) is 7.29. The van der Waals surface area contributed by atoms with E-state index in [1.165, 1.54) is 10.9 Å². The monoisotopic (exact) mass is 383 g/mol. The average molecular weight is 383 g/mol. The minimum Gasteiger partial charge on any atom is -0.462 e. The highest BCUT2D eigenvalue weighted by molar-refractivity contribution is 6.09. The second-order valence-corrected chi connectivity index (χ2v) is 6.53. The Morgan fingerprint density at radius 1 is 1.25 bits per heavy atom. The maximum absolute atomic E-state index is 12.7. The van der Waals surface area contributed by atoms with Crippen LogP contribution in [-0.4, -0.2) is 56.0 Å². The molecule has 0 saturated carbocycles. The molecule has 4 heterocycles. The largest absolute Gasteiger partial charge is 0.462 e. The van der Waals surface area contributed by atoms with Crippen molar-refractivity contribution >= 4 is 29.2 Å². The smallest absolute Gasteiger partial charge is 0.342 e. The summed E-state index contributed by atoms with van der Waals surface area (Å²) in [5, 5.41) is 11.3. The van der Waals surface area contributed by atoms with E-state index in [1.54, 1.807) is 36.8 Å². The van der Waals surface area contributed by atoms with Crippen molar-refractivity contribution in [2.75, 3.05) is 29.9 Å². The highest BCUT2D eigenvalue weighted by Crippen LogP contribution is 2.19. The molecule has 1 aliphatic rings. The number of carbonyl (C=O) groups is 2. The summed E-state index contributed by atoms with van der Waals surface area (Å²) in [6, 6.07) is 3.54.